The zero-order chi connectivity index (χ0) is 17.6. The summed E-state index contributed by atoms with van der Waals surface area (Å²) < 4.78 is 12.8. The molecule has 3 rings (SSSR count). The van der Waals surface area contributed by atoms with Crippen LogP contribution in [0.25, 0.3) is 0 Å². The number of rotatable bonds is 6. The number of hydrogen-bond donors (Lipinski definition) is 0. The fourth-order valence-electron chi connectivity index (χ4n) is 3.21. The van der Waals surface area contributed by atoms with Crippen LogP contribution in [0.5, 0.6) is 11.5 Å². The summed E-state index contributed by atoms with van der Waals surface area (Å²) in [5, 5.41) is 0. The van der Waals surface area contributed by atoms with Crippen LogP contribution in [0.1, 0.15) is 19.3 Å². The Bertz CT molecular complexity index is 752. The fraction of sp³-hybridized carbons (Fsp3) is 0.474. The van der Waals surface area contributed by atoms with Crippen molar-refractivity contribution in [2.24, 2.45) is 13.0 Å². The zero-order valence-corrected chi connectivity index (χ0v) is 14.9. The molecule has 1 aliphatic rings. The van der Waals surface area contributed by atoms with Crippen LogP contribution in [-0.2, 0) is 7.05 Å². The van der Waals surface area contributed by atoms with Gasteiger partial charge in [0, 0.05) is 32.5 Å². The predicted octanol–water partition coefficient (Wildman–Crippen LogP) is 2.47. The first-order chi connectivity index (χ1) is 12.2. The smallest absolute Gasteiger partial charge is 0.293 e. The number of aryl methyl sites for hydroxylation is 1. The molecule has 6 nitrogen and oxygen atoms in total. The van der Waals surface area contributed by atoms with Gasteiger partial charge in [0.25, 0.3) is 5.56 Å². The third-order valence-corrected chi connectivity index (χ3v) is 4.77. The average Bonchev–Trinajstić information content (AvgIpc) is 2.65. The van der Waals surface area contributed by atoms with Gasteiger partial charge in [-0.3, -0.25) is 4.79 Å². The van der Waals surface area contributed by atoms with Gasteiger partial charge in [-0.15, -0.1) is 0 Å². The lowest BCUT2D eigenvalue weighted by Gasteiger charge is -2.32. The molecule has 0 atom stereocenters. The van der Waals surface area contributed by atoms with E-state index in [9.17, 15) is 4.79 Å². The molecule has 0 amide bonds. The molecule has 0 unspecified atom stereocenters. The molecular formula is C19H25N3O3. The highest BCUT2D eigenvalue weighted by Gasteiger charge is 2.22. The second-order valence-corrected chi connectivity index (χ2v) is 6.39. The Labute approximate surface area is 148 Å². The number of anilines is 1. The van der Waals surface area contributed by atoms with Gasteiger partial charge in [-0.05, 0) is 37.3 Å². The number of para-hydroxylation sites is 2. The first-order valence-electron chi connectivity index (χ1n) is 8.71. The molecule has 0 aliphatic carbocycles. The summed E-state index contributed by atoms with van der Waals surface area (Å²) in [6.45, 7) is 2.41. The van der Waals surface area contributed by atoms with Crippen LogP contribution in [0, 0.1) is 5.92 Å². The summed E-state index contributed by atoms with van der Waals surface area (Å²) in [5.74, 6) is 2.73. The number of methoxy groups -OCH3 is 1. The monoisotopic (exact) mass is 343 g/mol. The average molecular weight is 343 g/mol. The van der Waals surface area contributed by atoms with Crippen LogP contribution >= 0.6 is 0 Å². The third kappa shape index (κ3) is 4.13. The SMILES string of the molecule is COc1ccccc1OCCC1CCN(c2nccn(C)c2=O)CC1. The van der Waals surface area contributed by atoms with E-state index in [0.717, 1.165) is 43.9 Å². The summed E-state index contributed by atoms with van der Waals surface area (Å²) >= 11 is 0. The quantitative estimate of drug-likeness (QED) is 0.806. The van der Waals surface area contributed by atoms with Crippen molar-refractivity contribution in [3.63, 3.8) is 0 Å². The molecule has 0 radical (unpaired) electrons. The van der Waals surface area contributed by atoms with Crippen molar-refractivity contribution in [3.8, 4) is 11.5 Å². The lowest BCUT2D eigenvalue weighted by molar-refractivity contribution is 0.248. The van der Waals surface area contributed by atoms with Crippen molar-refractivity contribution in [1.82, 2.24) is 9.55 Å². The number of benzene rings is 1. The fourth-order valence-corrected chi connectivity index (χ4v) is 3.21. The van der Waals surface area contributed by atoms with Crippen LogP contribution < -0.4 is 19.9 Å². The number of ether oxygens (including phenoxy) is 2. The second-order valence-electron chi connectivity index (χ2n) is 6.39. The van der Waals surface area contributed by atoms with Crippen LogP contribution in [0.2, 0.25) is 0 Å². The maximum atomic E-state index is 12.2. The minimum atomic E-state index is -0.0274. The molecule has 0 saturated carbocycles. The standard InChI is InChI=1S/C19H25N3O3/c1-21-13-10-20-18(19(21)23)22-11-7-15(8-12-22)9-14-25-17-6-4-3-5-16(17)24-2/h3-6,10,13,15H,7-9,11-12,14H2,1-2H3. The minimum Gasteiger partial charge on any atom is -0.493 e. The number of nitrogens with zero attached hydrogens (tertiary/aromatic N) is 3. The van der Waals surface area contributed by atoms with E-state index in [0.29, 0.717) is 18.3 Å². The van der Waals surface area contributed by atoms with Crippen LogP contribution in [0.3, 0.4) is 0 Å². The summed E-state index contributed by atoms with van der Waals surface area (Å²) in [6, 6.07) is 7.71. The van der Waals surface area contributed by atoms with Crippen molar-refractivity contribution in [2.45, 2.75) is 19.3 Å². The summed E-state index contributed by atoms with van der Waals surface area (Å²) in [6.07, 6.45) is 6.48. The topological polar surface area (TPSA) is 56.6 Å². The Morgan fingerprint density at radius 3 is 2.64 bits per heavy atom. The number of piperidine rings is 1. The maximum Gasteiger partial charge on any atom is 0.293 e. The van der Waals surface area contributed by atoms with Gasteiger partial charge >= 0.3 is 0 Å². The van der Waals surface area contributed by atoms with E-state index in [4.69, 9.17) is 9.47 Å². The van der Waals surface area contributed by atoms with Crippen LogP contribution in [0.15, 0.2) is 41.5 Å². The Morgan fingerprint density at radius 2 is 1.92 bits per heavy atom. The number of hydrogen-bond acceptors (Lipinski definition) is 5. The van der Waals surface area contributed by atoms with Crippen molar-refractivity contribution in [1.29, 1.82) is 0 Å². The molecular weight excluding hydrogens is 318 g/mol. The number of aromatic nitrogens is 2. The van der Waals surface area contributed by atoms with Crippen molar-refractivity contribution < 1.29 is 9.47 Å². The molecule has 1 aromatic heterocycles. The predicted molar refractivity (Wildman–Crippen MR) is 97.5 cm³/mol. The molecule has 1 aliphatic heterocycles. The molecule has 6 heteroatoms. The molecule has 2 heterocycles. The van der Waals surface area contributed by atoms with E-state index in [-0.39, 0.29) is 5.56 Å². The van der Waals surface area contributed by atoms with Crippen LogP contribution in [0.4, 0.5) is 5.82 Å². The molecule has 0 spiro atoms. The van der Waals surface area contributed by atoms with E-state index in [1.54, 1.807) is 31.1 Å². The molecule has 25 heavy (non-hydrogen) atoms. The van der Waals surface area contributed by atoms with Gasteiger partial charge in [-0.1, -0.05) is 12.1 Å². The van der Waals surface area contributed by atoms with E-state index < -0.39 is 0 Å². The highest BCUT2D eigenvalue weighted by molar-refractivity contribution is 5.39. The molecule has 2 aromatic rings. The Kier molecular flexibility index (Phi) is 5.58. The lowest BCUT2D eigenvalue weighted by atomic mass is 9.94. The maximum absolute atomic E-state index is 12.2. The van der Waals surface area contributed by atoms with Gasteiger partial charge in [0.2, 0.25) is 0 Å². The first-order valence-corrected chi connectivity index (χ1v) is 8.71. The Hall–Kier alpha value is -2.50. The first kappa shape index (κ1) is 17.3. The highest BCUT2D eigenvalue weighted by Crippen LogP contribution is 2.27. The Balaban J connectivity index is 1.48. The van der Waals surface area contributed by atoms with E-state index in [1.165, 1.54) is 0 Å². The Morgan fingerprint density at radius 1 is 1.20 bits per heavy atom. The molecule has 0 N–H and O–H groups in total. The van der Waals surface area contributed by atoms with Gasteiger partial charge in [0.1, 0.15) is 0 Å². The normalized spacial score (nSPS) is 15.2. The van der Waals surface area contributed by atoms with Gasteiger partial charge < -0.3 is 18.9 Å². The third-order valence-electron chi connectivity index (χ3n) is 4.77. The second kappa shape index (κ2) is 8.05. The van der Waals surface area contributed by atoms with E-state index in [2.05, 4.69) is 9.88 Å². The van der Waals surface area contributed by atoms with Crippen molar-refractivity contribution in [3.05, 3.63) is 47.0 Å². The largest absolute Gasteiger partial charge is 0.493 e. The van der Waals surface area contributed by atoms with Gasteiger partial charge in [0.05, 0.1) is 13.7 Å². The zero-order valence-electron chi connectivity index (χ0n) is 14.9. The highest BCUT2D eigenvalue weighted by atomic mass is 16.5. The lowest BCUT2D eigenvalue weighted by Crippen LogP contribution is -2.39. The minimum absolute atomic E-state index is 0.0274. The summed E-state index contributed by atoms with van der Waals surface area (Å²) in [4.78, 5) is 18.5. The van der Waals surface area contributed by atoms with Crippen molar-refractivity contribution >= 4 is 5.82 Å². The molecule has 1 fully saturated rings. The van der Waals surface area contributed by atoms with Crippen LogP contribution in [-0.4, -0.2) is 36.4 Å². The summed E-state index contributed by atoms with van der Waals surface area (Å²) in [5.41, 5.74) is -0.0274. The van der Waals surface area contributed by atoms with Crippen molar-refractivity contribution in [2.75, 3.05) is 31.7 Å². The van der Waals surface area contributed by atoms with Gasteiger partial charge in [-0.25, -0.2) is 4.98 Å². The van der Waals surface area contributed by atoms with Gasteiger partial charge in [0.15, 0.2) is 17.3 Å². The molecule has 0 bridgehead atoms. The van der Waals surface area contributed by atoms with Gasteiger partial charge in [-0.2, -0.15) is 0 Å². The molecule has 1 aromatic carbocycles. The molecule has 134 valence electrons. The van der Waals surface area contributed by atoms with E-state index >= 15 is 0 Å². The van der Waals surface area contributed by atoms with E-state index in [1.807, 2.05) is 24.3 Å². The summed E-state index contributed by atoms with van der Waals surface area (Å²) in [7, 11) is 3.41. The molecule has 1 saturated heterocycles.